The number of benzene rings is 1. The van der Waals surface area contributed by atoms with Crippen LogP contribution in [-0.4, -0.2) is 21.3 Å². The van der Waals surface area contributed by atoms with Crippen LogP contribution in [0.4, 0.5) is 4.39 Å². The summed E-state index contributed by atoms with van der Waals surface area (Å²) in [7, 11) is 0. The molecule has 5 heteroatoms. The van der Waals surface area contributed by atoms with Gasteiger partial charge in [-0.05, 0) is 6.07 Å². The first-order chi connectivity index (χ1) is 6.52. The Labute approximate surface area is 79.2 Å². The van der Waals surface area contributed by atoms with E-state index < -0.39 is 30.1 Å². The average molecular weight is 200 g/mol. The van der Waals surface area contributed by atoms with E-state index in [1.54, 1.807) is 0 Å². The molecule has 0 fully saturated rings. The molecule has 1 aromatic carbocycles. The van der Waals surface area contributed by atoms with Gasteiger partial charge in [0.1, 0.15) is 0 Å². The number of phenolic OH excluding ortho intramolecular Hbond substituents is 1. The number of halogens is 1. The maximum atomic E-state index is 12.8. The maximum Gasteiger partial charge on any atom is 0.306 e. The van der Waals surface area contributed by atoms with E-state index >= 15 is 0 Å². The number of carboxylic acids is 1. The van der Waals surface area contributed by atoms with Crippen LogP contribution in [0.25, 0.3) is 0 Å². The largest absolute Gasteiger partial charge is 0.505 e. The standard InChI is InChI=1S/C9H9FO4/c10-6-3-1-2-5(9(6)14)7(11)4-8(12)13/h1-3,7,11,14H,4H2,(H,12,13)/t7-/m1/s1. The third kappa shape index (κ3) is 2.20. The van der Waals surface area contributed by atoms with Gasteiger partial charge in [0.15, 0.2) is 11.6 Å². The summed E-state index contributed by atoms with van der Waals surface area (Å²) in [4.78, 5) is 10.2. The highest BCUT2D eigenvalue weighted by atomic mass is 19.1. The van der Waals surface area contributed by atoms with Crippen molar-refractivity contribution in [2.75, 3.05) is 0 Å². The molecule has 3 N–H and O–H groups in total. The molecule has 0 aliphatic heterocycles. The summed E-state index contributed by atoms with van der Waals surface area (Å²) in [5.74, 6) is -2.81. The van der Waals surface area contributed by atoms with E-state index in [9.17, 15) is 14.3 Å². The van der Waals surface area contributed by atoms with Crippen molar-refractivity contribution in [1.82, 2.24) is 0 Å². The van der Waals surface area contributed by atoms with Gasteiger partial charge in [-0.3, -0.25) is 4.79 Å². The molecule has 0 radical (unpaired) electrons. The Morgan fingerprint density at radius 2 is 2.14 bits per heavy atom. The van der Waals surface area contributed by atoms with Crippen molar-refractivity contribution in [3.05, 3.63) is 29.6 Å². The molecule has 0 spiro atoms. The quantitative estimate of drug-likeness (QED) is 0.681. The Morgan fingerprint density at radius 3 is 2.71 bits per heavy atom. The minimum atomic E-state index is -1.40. The fourth-order valence-electron chi connectivity index (χ4n) is 1.08. The zero-order chi connectivity index (χ0) is 10.7. The Hall–Kier alpha value is -1.62. The normalized spacial score (nSPS) is 12.4. The molecule has 0 unspecified atom stereocenters. The first-order valence-corrected chi connectivity index (χ1v) is 3.89. The number of carboxylic acid groups (broad SMARTS) is 1. The highest BCUT2D eigenvalue weighted by molar-refractivity contribution is 5.67. The number of para-hydroxylation sites is 1. The van der Waals surface area contributed by atoms with Gasteiger partial charge in [-0.25, -0.2) is 4.39 Å². The SMILES string of the molecule is O=C(O)C[C@@H](O)c1cccc(F)c1O. The van der Waals surface area contributed by atoms with E-state index in [0.29, 0.717) is 0 Å². The maximum absolute atomic E-state index is 12.8. The summed E-state index contributed by atoms with van der Waals surface area (Å²) in [6.45, 7) is 0. The van der Waals surface area contributed by atoms with Gasteiger partial charge < -0.3 is 15.3 Å². The van der Waals surface area contributed by atoms with Crippen molar-refractivity contribution < 1.29 is 24.5 Å². The van der Waals surface area contributed by atoms with Crippen molar-refractivity contribution in [3.8, 4) is 5.75 Å². The molecular weight excluding hydrogens is 191 g/mol. The molecule has 0 aliphatic carbocycles. The number of aliphatic hydroxyl groups excluding tert-OH is 1. The van der Waals surface area contributed by atoms with Crippen LogP contribution < -0.4 is 0 Å². The predicted octanol–water partition coefficient (Wildman–Crippen LogP) is 1.04. The molecule has 76 valence electrons. The number of hydrogen-bond donors (Lipinski definition) is 3. The van der Waals surface area contributed by atoms with Gasteiger partial charge in [0.05, 0.1) is 12.5 Å². The molecule has 1 aromatic rings. The highest BCUT2D eigenvalue weighted by Crippen LogP contribution is 2.28. The molecule has 14 heavy (non-hydrogen) atoms. The molecular formula is C9H9FO4. The number of rotatable bonds is 3. The van der Waals surface area contributed by atoms with Crippen LogP contribution in [0.3, 0.4) is 0 Å². The van der Waals surface area contributed by atoms with Crippen LogP contribution >= 0.6 is 0 Å². The molecule has 0 saturated carbocycles. The molecule has 0 amide bonds. The minimum Gasteiger partial charge on any atom is -0.505 e. The Bertz CT molecular complexity index is 351. The fraction of sp³-hybridized carbons (Fsp3) is 0.222. The predicted molar refractivity (Wildman–Crippen MR) is 45.3 cm³/mol. The Balaban J connectivity index is 2.95. The van der Waals surface area contributed by atoms with Gasteiger partial charge >= 0.3 is 5.97 Å². The zero-order valence-electron chi connectivity index (χ0n) is 7.14. The second kappa shape index (κ2) is 4.06. The molecule has 1 rings (SSSR count). The summed E-state index contributed by atoms with van der Waals surface area (Å²) < 4.78 is 12.8. The van der Waals surface area contributed by atoms with Gasteiger partial charge in [-0.1, -0.05) is 12.1 Å². The third-order valence-corrected chi connectivity index (χ3v) is 1.74. The first-order valence-electron chi connectivity index (χ1n) is 3.89. The third-order valence-electron chi connectivity index (χ3n) is 1.74. The van der Waals surface area contributed by atoms with Crippen molar-refractivity contribution in [3.63, 3.8) is 0 Å². The lowest BCUT2D eigenvalue weighted by Gasteiger charge is -2.10. The lowest BCUT2D eigenvalue weighted by atomic mass is 10.1. The van der Waals surface area contributed by atoms with Gasteiger partial charge in [-0.15, -0.1) is 0 Å². The number of carbonyl (C=O) groups is 1. The van der Waals surface area contributed by atoms with Crippen molar-refractivity contribution in [2.45, 2.75) is 12.5 Å². The zero-order valence-corrected chi connectivity index (χ0v) is 7.14. The van der Waals surface area contributed by atoms with Crippen LogP contribution in [0.5, 0.6) is 5.75 Å². The van der Waals surface area contributed by atoms with E-state index in [1.807, 2.05) is 0 Å². The average Bonchev–Trinajstić information content (AvgIpc) is 2.08. The summed E-state index contributed by atoms with van der Waals surface area (Å²) in [6.07, 6.45) is -1.97. The molecule has 0 bridgehead atoms. The van der Waals surface area contributed by atoms with Crippen LogP contribution in [0.2, 0.25) is 0 Å². The second-order valence-electron chi connectivity index (χ2n) is 2.79. The molecule has 1 atom stereocenters. The summed E-state index contributed by atoms with van der Waals surface area (Å²) in [6, 6.07) is 3.58. The number of aromatic hydroxyl groups is 1. The van der Waals surface area contributed by atoms with E-state index in [-0.39, 0.29) is 5.56 Å². The molecule has 0 heterocycles. The fourth-order valence-corrected chi connectivity index (χ4v) is 1.08. The van der Waals surface area contributed by atoms with Crippen LogP contribution in [0, 0.1) is 5.82 Å². The van der Waals surface area contributed by atoms with Gasteiger partial charge in [-0.2, -0.15) is 0 Å². The smallest absolute Gasteiger partial charge is 0.306 e. The van der Waals surface area contributed by atoms with Crippen molar-refractivity contribution in [2.24, 2.45) is 0 Å². The summed E-state index contributed by atoms with van der Waals surface area (Å²) in [5, 5.41) is 26.8. The number of aliphatic carboxylic acids is 1. The Morgan fingerprint density at radius 1 is 1.50 bits per heavy atom. The van der Waals surface area contributed by atoms with Crippen molar-refractivity contribution >= 4 is 5.97 Å². The molecule has 0 aliphatic rings. The Kier molecular flexibility index (Phi) is 3.03. The van der Waals surface area contributed by atoms with Gasteiger partial charge in [0.2, 0.25) is 0 Å². The topological polar surface area (TPSA) is 77.8 Å². The van der Waals surface area contributed by atoms with Gasteiger partial charge in [0.25, 0.3) is 0 Å². The lowest BCUT2D eigenvalue weighted by molar-refractivity contribution is -0.139. The van der Waals surface area contributed by atoms with E-state index in [4.69, 9.17) is 10.2 Å². The molecule has 0 aromatic heterocycles. The monoisotopic (exact) mass is 200 g/mol. The number of aliphatic hydroxyl groups is 1. The van der Waals surface area contributed by atoms with Crippen LogP contribution in [0.15, 0.2) is 18.2 Å². The van der Waals surface area contributed by atoms with Crippen LogP contribution in [-0.2, 0) is 4.79 Å². The lowest BCUT2D eigenvalue weighted by Crippen LogP contribution is -2.06. The van der Waals surface area contributed by atoms with E-state index in [0.717, 1.165) is 6.07 Å². The highest BCUT2D eigenvalue weighted by Gasteiger charge is 2.17. The van der Waals surface area contributed by atoms with E-state index in [2.05, 4.69) is 0 Å². The van der Waals surface area contributed by atoms with Gasteiger partial charge in [0, 0.05) is 5.56 Å². The van der Waals surface area contributed by atoms with Crippen molar-refractivity contribution in [1.29, 1.82) is 0 Å². The molecule has 4 nitrogen and oxygen atoms in total. The number of hydrogen-bond acceptors (Lipinski definition) is 3. The minimum absolute atomic E-state index is 0.118. The molecule has 0 saturated heterocycles. The summed E-state index contributed by atoms with van der Waals surface area (Å²) in [5.41, 5.74) is -0.118. The summed E-state index contributed by atoms with van der Waals surface area (Å²) >= 11 is 0. The van der Waals surface area contributed by atoms with E-state index in [1.165, 1.54) is 12.1 Å². The first kappa shape index (κ1) is 10.5. The van der Waals surface area contributed by atoms with Crippen LogP contribution in [0.1, 0.15) is 18.1 Å². The second-order valence-corrected chi connectivity index (χ2v) is 2.79. The number of phenols is 1.